The van der Waals surface area contributed by atoms with Crippen LogP contribution in [0.5, 0.6) is 5.75 Å². The van der Waals surface area contributed by atoms with E-state index in [0.717, 1.165) is 11.1 Å². The van der Waals surface area contributed by atoms with E-state index in [4.69, 9.17) is 4.74 Å². The summed E-state index contributed by atoms with van der Waals surface area (Å²) < 4.78 is 4.91. The third-order valence-corrected chi connectivity index (χ3v) is 1.32. The first-order chi connectivity index (χ1) is 3.84. The second kappa shape index (κ2) is 2.04. The van der Waals surface area contributed by atoms with Crippen LogP contribution in [0.25, 0.3) is 0 Å². The number of H-pyrrole nitrogens is 1. The number of ether oxygens (including phenoxy) is 1. The first-order valence-corrected chi connectivity index (χ1v) is 2.77. The Balaban J connectivity index is 2.92. The first kappa shape index (κ1) is 5.43. The summed E-state index contributed by atoms with van der Waals surface area (Å²) in [4.78, 5) is 2.91. The van der Waals surface area contributed by atoms with Crippen molar-refractivity contribution >= 4 is 15.6 Å². The molecule has 0 saturated carbocycles. The number of aromatic amines is 1. The Morgan fingerprint density at radius 3 is 2.75 bits per heavy atom. The van der Waals surface area contributed by atoms with E-state index in [9.17, 15) is 0 Å². The molecule has 3 radical (unpaired) electrons. The lowest BCUT2D eigenvalue weighted by atomic mass is 10.6. The van der Waals surface area contributed by atoms with Crippen LogP contribution in [0.3, 0.4) is 0 Å². The third kappa shape index (κ3) is 0.766. The maximum absolute atomic E-state index is 4.91. The maximum atomic E-state index is 4.91. The number of methoxy groups -OCH3 is 1. The van der Waals surface area contributed by atoms with E-state index in [1.807, 2.05) is 6.07 Å². The Kier molecular flexibility index (Phi) is 1.39. The van der Waals surface area contributed by atoms with Crippen molar-refractivity contribution < 1.29 is 4.74 Å². The normalized spacial score (nSPS) is 9.25. The van der Waals surface area contributed by atoms with Crippen LogP contribution >= 0.6 is 0 Å². The van der Waals surface area contributed by atoms with E-state index < -0.39 is 0 Å². The van der Waals surface area contributed by atoms with Gasteiger partial charge in [-0.25, -0.2) is 0 Å². The zero-order chi connectivity index (χ0) is 5.98. The van der Waals surface area contributed by atoms with Crippen molar-refractivity contribution in [2.24, 2.45) is 0 Å². The minimum absolute atomic E-state index is 0.835. The molecule has 1 rings (SSSR count). The Bertz CT molecular complexity index is 173. The lowest BCUT2D eigenvalue weighted by Crippen LogP contribution is -2.05. The standard InChI is InChI=1S/C5H6NOSi/c1-7-4-2-3-6-5(4)8/h2-3,6H,1H3. The molecule has 1 N–H and O–H groups in total. The van der Waals surface area contributed by atoms with Crippen molar-refractivity contribution in [2.75, 3.05) is 7.11 Å². The van der Waals surface area contributed by atoms with Crippen molar-refractivity contribution in [3.05, 3.63) is 12.3 Å². The SMILES string of the molecule is COc1cc[nH]c1[Si]. The highest BCUT2D eigenvalue weighted by atomic mass is 28.1. The topological polar surface area (TPSA) is 25.0 Å². The van der Waals surface area contributed by atoms with Gasteiger partial charge in [-0.2, -0.15) is 0 Å². The third-order valence-electron chi connectivity index (χ3n) is 0.929. The quantitative estimate of drug-likeness (QED) is 0.516. The van der Waals surface area contributed by atoms with E-state index in [2.05, 4.69) is 15.2 Å². The Hall–Kier alpha value is -0.703. The van der Waals surface area contributed by atoms with Crippen LogP contribution in [0.15, 0.2) is 12.3 Å². The molecule has 0 atom stereocenters. The van der Waals surface area contributed by atoms with Gasteiger partial charge in [-0.3, -0.25) is 0 Å². The van der Waals surface area contributed by atoms with Crippen molar-refractivity contribution in [1.29, 1.82) is 0 Å². The summed E-state index contributed by atoms with van der Waals surface area (Å²) in [5.41, 5.74) is 0. The van der Waals surface area contributed by atoms with Crippen molar-refractivity contribution in [2.45, 2.75) is 0 Å². The monoisotopic (exact) mass is 124 g/mol. The number of hydrogen-bond donors (Lipinski definition) is 1. The molecule has 0 unspecified atom stereocenters. The van der Waals surface area contributed by atoms with Gasteiger partial charge in [0.1, 0.15) is 16.0 Å². The highest BCUT2D eigenvalue weighted by Gasteiger charge is 1.93. The van der Waals surface area contributed by atoms with Crippen LogP contribution in [-0.4, -0.2) is 22.3 Å². The van der Waals surface area contributed by atoms with Crippen molar-refractivity contribution in [3.63, 3.8) is 0 Å². The van der Waals surface area contributed by atoms with Gasteiger partial charge in [0.2, 0.25) is 0 Å². The zero-order valence-corrected chi connectivity index (χ0v) is 5.56. The molecule has 0 aromatic carbocycles. The molecule has 2 nitrogen and oxygen atoms in total. The summed E-state index contributed by atoms with van der Waals surface area (Å²) >= 11 is 0. The van der Waals surface area contributed by atoms with Crippen molar-refractivity contribution in [3.8, 4) is 5.75 Å². The van der Waals surface area contributed by atoms with E-state index in [0.29, 0.717) is 0 Å². The minimum atomic E-state index is 0.835. The van der Waals surface area contributed by atoms with E-state index in [1.54, 1.807) is 13.3 Å². The molecule has 0 bridgehead atoms. The number of nitrogens with one attached hydrogen (secondary N) is 1. The van der Waals surface area contributed by atoms with Gasteiger partial charge < -0.3 is 9.72 Å². The van der Waals surface area contributed by atoms with Gasteiger partial charge in [-0.15, -0.1) is 0 Å². The number of rotatable bonds is 1. The van der Waals surface area contributed by atoms with Crippen LogP contribution in [0.1, 0.15) is 0 Å². The molecule has 0 fully saturated rings. The van der Waals surface area contributed by atoms with E-state index in [-0.39, 0.29) is 0 Å². The smallest absolute Gasteiger partial charge is 0.134 e. The summed E-state index contributed by atoms with van der Waals surface area (Å²) in [6.07, 6.45) is 1.81. The fourth-order valence-electron chi connectivity index (χ4n) is 0.525. The summed E-state index contributed by atoms with van der Waals surface area (Å²) in [5.74, 6) is 0.835. The van der Waals surface area contributed by atoms with E-state index in [1.165, 1.54) is 0 Å². The lowest BCUT2D eigenvalue weighted by Gasteiger charge is -1.93. The van der Waals surface area contributed by atoms with Gasteiger partial charge in [-0.05, 0) is 6.07 Å². The second-order valence-electron chi connectivity index (χ2n) is 1.42. The maximum Gasteiger partial charge on any atom is 0.134 e. The minimum Gasteiger partial charge on any atom is -0.495 e. The van der Waals surface area contributed by atoms with Crippen molar-refractivity contribution in [1.82, 2.24) is 4.98 Å². The Morgan fingerprint density at radius 1 is 1.75 bits per heavy atom. The Morgan fingerprint density at radius 2 is 2.50 bits per heavy atom. The predicted molar refractivity (Wildman–Crippen MR) is 32.7 cm³/mol. The van der Waals surface area contributed by atoms with Crippen LogP contribution in [0.4, 0.5) is 0 Å². The number of aromatic nitrogens is 1. The summed E-state index contributed by atoms with van der Waals surface area (Å²) in [6.45, 7) is 0. The van der Waals surface area contributed by atoms with Gasteiger partial charge in [-0.1, -0.05) is 0 Å². The highest BCUT2D eigenvalue weighted by molar-refractivity contribution is 6.32. The molecule has 1 aromatic rings. The summed E-state index contributed by atoms with van der Waals surface area (Å²) in [6, 6.07) is 1.85. The molecule has 1 heterocycles. The highest BCUT2D eigenvalue weighted by Crippen LogP contribution is 2.00. The van der Waals surface area contributed by atoms with Gasteiger partial charge >= 0.3 is 0 Å². The summed E-state index contributed by atoms with van der Waals surface area (Å²) in [5, 5.41) is 0.882. The molecule has 3 heteroatoms. The summed E-state index contributed by atoms with van der Waals surface area (Å²) in [7, 11) is 4.92. The molecule has 1 aromatic heterocycles. The molecule has 0 spiro atoms. The molecule has 0 amide bonds. The molecule has 8 heavy (non-hydrogen) atoms. The zero-order valence-electron chi connectivity index (χ0n) is 4.56. The van der Waals surface area contributed by atoms with Gasteiger partial charge in [0.15, 0.2) is 0 Å². The fourth-order valence-corrected chi connectivity index (χ4v) is 0.794. The van der Waals surface area contributed by atoms with Crippen LogP contribution in [-0.2, 0) is 0 Å². The molecule has 41 valence electrons. The van der Waals surface area contributed by atoms with Gasteiger partial charge in [0, 0.05) is 11.5 Å². The van der Waals surface area contributed by atoms with Crippen LogP contribution < -0.4 is 10.1 Å². The van der Waals surface area contributed by atoms with Gasteiger partial charge in [0.05, 0.1) is 7.11 Å². The largest absolute Gasteiger partial charge is 0.495 e. The lowest BCUT2D eigenvalue weighted by molar-refractivity contribution is 0.419. The van der Waals surface area contributed by atoms with E-state index >= 15 is 0 Å². The molecule has 0 aliphatic rings. The molecule has 0 aliphatic carbocycles. The molecule has 0 aliphatic heterocycles. The number of hydrogen-bond acceptors (Lipinski definition) is 1. The van der Waals surface area contributed by atoms with Crippen LogP contribution in [0.2, 0.25) is 0 Å². The first-order valence-electron chi connectivity index (χ1n) is 2.27. The fraction of sp³-hybridized carbons (Fsp3) is 0.200. The molecular formula is C5H6NOSi. The second-order valence-corrected chi connectivity index (χ2v) is 1.92. The van der Waals surface area contributed by atoms with Gasteiger partial charge in [0.25, 0.3) is 0 Å². The molecular weight excluding hydrogens is 118 g/mol. The average Bonchev–Trinajstić information content (AvgIpc) is 2.14. The predicted octanol–water partition coefficient (Wildman–Crippen LogP) is -0.183. The van der Waals surface area contributed by atoms with Crippen LogP contribution in [0, 0.1) is 0 Å². The Labute approximate surface area is 51.3 Å². The average molecular weight is 124 g/mol. The molecule has 0 saturated heterocycles.